The smallest absolute Gasteiger partial charge is 0.489 e. The van der Waals surface area contributed by atoms with Gasteiger partial charge in [0.1, 0.15) is 17.5 Å². The van der Waals surface area contributed by atoms with E-state index in [-0.39, 0.29) is 12.2 Å². The number of piperidine rings is 1. The van der Waals surface area contributed by atoms with E-state index >= 15 is 0 Å². The third-order valence-electron chi connectivity index (χ3n) is 4.12. The van der Waals surface area contributed by atoms with Gasteiger partial charge in [0.15, 0.2) is 13.1 Å². The summed E-state index contributed by atoms with van der Waals surface area (Å²) < 4.78 is 14.6. The lowest BCUT2D eigenvalue weighted by molar-refractivity contribution is -0.558. The first-order chi connectivity index (χ1) is 11.8. The summed E-state index contributed by atoms with van der Waals surface area (Å²) in [5, 5.41) is 12.3. The van der Waals surface area contributed by atoms with Crippen LogP contribution >= 0.6 is 15.9 Å². The molecule has 0 aliphatic carbocycles. The van der Waals surface area contributed by atoms with Gasteiger partial charge in [-0.1, -0.05) is 0 Å². The Morgan fingerprint density at radius 3 is 2.64 bits per heavy atom. The molecular formula is C19H24BrN2O3+. The van der Waals surface area contributed by atoms with Gasteiger partial charge in [0, 0.05) is 36.0 Å². The number of benzene rings is 1. The van der Waals surface area contributed by atoms with Gasteiger partial charge >= 0.3 is 6.08 Å². The van der Waals surface area contributed by atoms with Crippen LogP contribution in [-0.2, 0) is 4.74 Å². The molecule has 0 bridgehead atoms. The predicted octanol–water partition coefficient (Wildman–Crippen LogP) is 4.28. The number of nitrogens with zero attached hydrogens (tertiary/aromatic N) is 2. The highest BCUT2D eigenvalue weighted by molar-refractivity contribution is 9.10. The lowest BCUT2D eigenvalue weighted by Crippen LogP contribution is -2.38. The van der Waals surface area contributed by atoms with E-state index in [0.717, 1.165) is 33.8 Å². The zero-order chi connectivity index (χ0) is 18.0. The molecule has 3 rings (SSSR count). The molecule has 1 saturated heterocycles. The maximum Gasteiger partial charge on any atom is 0.547 e. The minimum atomic E-state index is -0.401. The number of hydrogen-bond acceptors (Lipinski definition) is 3. The lowest BCUT2D eigenvalue weighted by atomic mass is 10.1. The fourth-order valence-electron chi connectivity index (χ4n) is 2.88. The van der Waals surface area contributed by atoms with Gasteiger partial charge in [0.05, 0.1) is 4.47 Å². The summed E-state index contributed by atoms with van der Waals surface area (Å²) in [6, 6.07) is 5.98. The molecule has 1 aliphatic heterocycles. The minimum Gasteiger partial charge on any atom is -0.489 e. The molecule has 5 nitrogen and oxygen atoms in total. The van der Waals surface area contributed by atoms with Gasteiger partial charge in [0.25, 0.3) is 0 Å². The molecule has 6 heteroatoms. The summed E-state index contributed by atoms with van der Waals surface area (Å²) in [5.41, 5.74) is -0.401. The van der Waals surface area contributed by atoms with Crippen molar-refractivity contribution in [2.24, 2.45) is 0 Å². The van der Waals surface area contributed by atoms with Gasteiger partial charge in [-0.2, -0.15) is 4.58 Å². The van der Waals surface area contributed by atoms with E-state index in [2.05, 4.69) is 20.9 Å². The van der Waals surface area contributed by atoms with E-state index in [0.29, 0.717) is 13.1 Å². The number of pyridine rings is 1. The summed E-state index contributed by atoms with van der Waals surface area (Å²) >= 11 is 3.65. The first-order valence-corrected chi connectivity index (χ1v) is 9.31. The van der Waals surface area contributed by atoms with Crippen LogP contribution < -0.4 is 4.74 Å². The molecule has 0 spiro atoms. The SMILES string of the molecule is CC(C)(C)OC(O)=[N+]1CCC(Oc2ccc3cnccc3c2Br)CC1. The van der Waals surface area contributed by atoms with Gasteiger partial charge in [-0.05, 0) is 54.9 Å². The summed E-state index contributed by atoms with van der Waals surface area (Å²) in [5.74, 6) is 0.844. The Bertz CT molecular complexity index is 789. The average molecular weight is 408 g/mol. The van der Waals surface area contributed by atoms with E-state index in [4.69, 9.17) is 9.47 Å². The zero-order valence-electron chi connectivity index (χ0n) is 14.8. The van der Waals surface area contributed by atoms with Crippen LogP contribution in [0, 0.1) is 0 Å². The quantitative estimate of drug-likeness (QED) is 0.596. The Hall–Kier alpha value is -1.82. The largest absolute Gasteiger partial charge is 0.547 e. The van der Waals surface area contributed by atoms with Crippen LogP contribution in [0.3, 0.4) is 0 Å². The second-order valence-corrected chi connectivity index (χ2v) is 8.07. The summed E-state index contributed by atoms with van der Waals surface area (Å²) in [6.45, 7) is 7.19. The van der Waals surface area contributed by atoms with Crippen molar-refractivity contribution < 1.29 is 19.2 Å². The molecule has 0 unspecified atom stereocenters. The van der Waals surface area contributed by atoms with Gasteiger partial charge < -0.3 is 14.6 Å². The van der Waals surface area contributed by atoms with Crippen molar-refractivity contribution in [1.29, 1.82) is 0 Å². The topological polar surface area (TPSA) is 54.6 Å². The third kappa shape index (κ3) is 4.42. The fourth-order valence-corrected chi connectivity index (χ4v) is 3.47. The molecule has 1 N–H and O–H groups in total. The number of aliphatic hydroxyl groups is 1. The van der Waals surface area contributed by atoms with Crippen molar-refractivity contribution >= 4 is 32.8 Å². The number of aliphatic hydroxyl groups excluding tert-OH is 1. The molecule has 0 radical (unpaired) electrons. The number of aromatic nitrogens is 1. The highest BCUT2D eigenvalue weighted by Gasteiger charge is 2.29. The molecule has 2 aromatic rings. The van der Waals surface area contributed by atoms with Gasteiger partial charge in [-0.3, -0.25) is 4.98 Å². The zero-order valence-corrected chi connectivity index (χ0v) is 16.4. The van der Waals surface area contributed by atoms with Gasteiger partial charge in [-0.25, -0.2) is 0 Å². The maximum absolute atomic E-state index is 10.1. The number of halogens is 1. The molecule has 1 fully saturated rings. The Labute approximate surface area is 156 Å². The number of fused-ring (bicyclic) bond motifs is 1. The normalized spacial score (nSPS) is 18.2. The monoisotopic (exact) mass is 407 g/mol. The van der Waals surface area contributed by atoms with Gasteiger partial charge in [0.2, 0.25) is 0 Å². The first kappa shape index (κ1) is 18.0. The van der Waals surface area contributed by atoms with Crippen molar-refractivity contribution in [2.75, 3.05) is 13.1 Å². The van der Waals surface area contributed by atoms with Crippen molar-refractivity contribution in [3.05, 3.63) is 35.1 Å². The highest BCUT2D eigenvalue weighted by Crippen LogP contribution is 2.34. The van der Waals surface area contributed by atoms with E-state index in [1.807, 2.05) is 49.7 Å². The Balaban J connectivity index is 1.67. The fraction of sp³-hybridized carbons (Fsp3) is 0.474. The summed E-state index contributed by atoms with van der Waals surface area (Å²) in [7, 11) is 0. The van der Waals surface area contributed by atoms with E-state index in [9.17, 15) is 5.11 Å². The molecule has 1 aromatic heterocycles. The molecule has 0 amide bonds. The van der Waals surface area contributed by atoms with E-state index in [1.54, 1.807) is 6.20 Å². The number of hydrogen-bond donors (Lipinski definition) is 1. The second-order valence-electron chi connectivity index (χ2n) is 7.28. The van der Waals surface area contributed by atoms with Crippen molar-refractivity contribution in [1.82, 2.24) is 4.98 Å². The van der Waals surface area contributed by atoms with Crippen LogP contribution in [0.1, 0.15) is 33.6 Å². The molecule has 0 atom stereocenters. The van der Waals surface area contributed by atoms with Crippen LogP contribution in [0.25, 0.3) is 10.8 Å². The number of ether oxygens (including phenoxy) is 2. The van der Waals surface area contributed by atoms with Crippen LogP contribution in [-0.4, -0.2) is 45.5 Å². The van der Waals surface area contributed by atoms with Crippen LogP contribution in [0.4, 0.5) is 0 Å². The number of rotatable bonds is 2. The minimum absolute atomic E-state index is 0.00494. The average Bonchev–Trinajstić information content (AvgIpc) is 2.57. The molecule has 2 heterocycles. The molecule has 1 aromatic carbocycles. The molecule has 0 saturated carbocycles. The van der Waals surface area contributed by atoms with Crippen molar-refractivity contribution in [2.45, 2.75) is 45.3 Å². The molecule has 134 valence electrons. The first-order valence-electron chi connectivity index (χ1n) is 8.52. The molecular weight excluding hydrogens is 384 g/mol. The Morgan fingerprint density at radius 2 is 1.96 bits per heavy atom. The Morgan fingerprint density at radius 1 is 1.24 bits per heavy atom. The maximum atomic E-state index is 10.1. The predicted molar refractivity (Wildman–Crippen MR) is 102 cm³/mol. The van der Waals surface area contributed by atoms with Gasteiger partial charge in [-0.15, -0.1) is 0 Å². The van der Waals surface area contributed by atoms with Crippen LogP contribution in [0.15, 0.2) is 35.1 Å². The second kappa shape index (κ2) is 7.20. The van der Waals surface area contributed by atoms with Crippen LogP contribution in [0.5, 0.6) is 5.75 Å². The summed E-state index contributed by atoms with van der Waals surface area (Å²) in [4.78, 5) is 4.14. The molecule has 1 aliphatic rings. The van der Waals surface area contributed by atoms with Crippen LogP contribution in [0.2, 0.25) is 0 Å². The standard InChI is InChI=1S/C19H23BrN2O3/c1-19(2,3)25-18(23)22-10-7-14(8-11-22)24-16-5-4-13-12-21-9-6-15(13)17(16)20/h4-6,9,12,14H,7-8,10-11H2,1-3H3/p+1. The molecule has 25 heavy (non-hydrogen) atoms. The lowest BCUT2D eigenvalue weighted by Gasteiger charge is -2.24. The third-order valence-corrected chi connectivity index (χ3v) is 4.94. The van der Waals surface area contributed by atoms with Crippen molar-refractivity contribution in [3.63, 3.8) is 0 Å². The summed E-state index contributed by atoms with van der Waals surface area (Å²) in [6.07, 6.45) is 5.41. The van der Waals surface area contributed by atoms with E-state index < -0.39 is 5.60 Å². The van der Waals surface area contributed by atoms with Crippen molar-refractivity contribution in [3.8, 4) is 5.75 Å². The van der Waals surface area contributed by atoms with E-state index in [1.165, 1.54) is 0 Å². The highest BCUT2D eigenvalue weighted by atomic mass is 79.9. The Kier molecular flexibility index (Phi) is 5.18.